The third kappa shape index (κ3) is 10.1. The van der Waals surface area contributed by atoms with Gasteiger partial charge in [0, 0.05) is 46.8 Å². The van der Waals surface area contributed by atoms with Crippen molar-refractivity contribution in [1.82, 2.24) is 20.6 Å². The van der Waals surface area contributed by atoms with Gasteiger partial charge in [0.05, 0.1) is 11.3 Å². The average Bonchev–Trinajstić information content (AvgIpc) is 3.53. The maximum Gasteiger partial charge on any atom is 0.326 e. The van der Waals surface area contributed by atoms with E-state index in [0.29, 0.717) is 52.4 Å². The predicted molar refractivity (Wildman–Crippen MR) is 190 cm³/mol. The average molecular weight is 727 g/mol. The zero-order valence-electron chi connectivity index (χ0n) is 26.0. The largest absolute Gasteiger partial charge is 0.492 e. The number of carbonyl (C=O) groups is 2. The molecule has 11 nitrogen and oxygen atoms in total. The highest BCUT2D eigenvalue weighted by atomic mass is 35.5. The second-order valence-corrected chi connectivity index (χ2v) is 12.8. The number of hydrogen-bond donors (Lipinski definition) is 4. The molecule has 0 unspecified atom stereocenters. The Morgan fingerprint density at radius 1 is 1.04 bits per heavy atom. The Balaban J connectivity index is 0.00000625. The summed E-state index contributed by atoms with van der Waals surface area (Å²) in [6.07, 6.45) is 0.136. The van der Waals surface area contributed by atoms with Crippen LogP contribution in [0.2, 0.25) is 5.02 Å². The van der Waals surface area contributed by atoms with Crippen LogP contribution in [0, 0.1) is 28.6 Å². The predicted octanol–water partition coefficient (Wildman–Crippen LogP) is 6.15. The number of nitriles is 2. The molecule has 0 radical (unpaired) electrons. The van der Waals surface area contributed by atoms with E-state index in [0.717, 1.165) is 16.3 Å². The van der Waals surface area contributed by atoms with Crippen molar-refractivity contribution in [1.29, 1.82) is 10.5 Å². The lowest BCUT2D eigenvalue weighted by Gasteiger charge is -2.17. The molecule has 15 heteroatoms. The number of thiazole rings is 1. The van der Waals surface area contributed by atoms with Crippen LogP contribution in [0.5, 0.6) is 5.75 Å². The molecule has 48 heavy (non-hydrogen) atoms. The normalized spacial score (nSPS) is 11.2. The number of aliphatic carboxylic acids is 1. The van der Waals surface area contributed by atoms with Gasteiger partial charge < -0.3 is 26.2 Å². The highest BCUT2D eigenvalue weighted by molar-refractivity contribution is 7.98. The van der Waals surface area contributed by atoms with Gasteiger partial charge in [0.1, 0.15) is 52.0 Å². The molecule has 2 aromatic heterocycles. The topological polar surface area (TPSA) is 187 Å². The van der Waals surface area contributed by atoms with Crippen LogP contribution in [0.15, 0.2) is 58.9 Å². The Morgan fingerprint density at radius 3 is 2.33 bits per heavy atom. The summed E-state index contributed by atoms with van der Waals surface area (Å²) in [6.45, 7) is 4.61. The van der Waals surface area contributed by atoms with E-state index in [1.54, 1.807) is 38.1 Å². The second-order valence-electron chi connectivity index (χ2n) is 10.6. The van der Waals surface area contributed by atoms with Gasteiger partial charge in [-0.05, 0) is 35.7 Å². The first-order chi connectivity index (χ1) is 22.6. The minimum atomic E-state index is -1.06. The van der Waals surface area contributed by atoms with Gasteiger partial charge in [-0.2, -0.15) is 10.5 Å². The molecule has 0 fully saturated rings. The molecule has 1 atom stereocenters. The van der Waals surface area contributed by atoms with Crippen LogP contribution < -0.4 is 21.1 Å². The summed E-state index contributed by atoms with van der Waals surface area (Å²) in [5, 5.41) is 38.7. The first kappa shape index (κ1) is 38.1. The van der Waals surface area contributed by atoms with E-state index in [1.165, 1.54) is 23.1 Å². The van der Waals surface area contributed by atoms with Crippen molar-refractivity contribution in [2.24, 2.45) is 5.92 Å². The summed E-state index contributed by atoms with van der Waals surface area (Å²) in [5.41, 5.74) is 9.36. The minimum Gasteiger partial charge on any atom is -0.492 e. The molecule has 0 aliphatic heterocycles. The molecular weight excluding hydrogens is 693 g/mol. The fourth-order valence-electron chi connectivity index (χ4n) is 4.48. The third-order valence-electron chi connectivity index (χ3n) is 6.88. The molecule has 2 aromatic carbocycles. The summed E-state index contributed by atoms with van der Waals surface area (Å²) in [4.78, 5) is 32.4. The SMILES string of the molecule is CC(C)[C@H](NC(=O)CCNCCOc1ccc(-c2c(C#N)c(N)nc(SCc3csc(-c4ccc(Cl)cc4)n3)c2C#N)cc1)C(=O)O.Cl. The van der Waals surface area contributed by atoms with Crippen molar-refractivity contribution < 1.29 is 19.4 Å². The van der Waals surface area contributed by atoms with Crippen molar-refractivity contribution in [3.63, 3.8) is 0 Å². The van der Waals surface area contributed by atoms with Crippen LogP contribution in [0.4, 0.5) is 5.82 Å². The number of carbonyl (C=O) groups excluding carboxylic acids is 1. The minimum absolute atomic E-state index is 0. The molecule has 0 bridgehead atoms. The number of anilines is 1. The monoisotopic (exact) mass is 725 g/mol. The van der Waals surface area contributed by atoms with E-state index < -0.39 is 12.0 Å². The van der Waals surface area contributed by atoms with Gasteiger partial charge in [-0.15, -0.1) is 23.7 Å². The zero-order chi connectivity index (χ0) is 33.9. The van der Waals surface area contributed by atoms with E-state index in [2.05, 4.69) is 27.8 Å². The molecule has 0 spiro atoms. The maximum absolute atomic E-state index is 12.1. The van der Waals surface area contributed by atoms with Gasteiger partial charge in [-0.25, -0.2) is 14.8 Å². The van der Waals surface area contributed by atoms with Crippen molar-refractivity contribution >= 4 is 64.8 Å². The fraction of sp³-hybridized carbons (Fsp3) is 0.273. The molecule has 2 heterocycles. The summed E-state index contributed by atoms with van der Waals surface area (Å²) in [6, 6.07) is 17.8. The lowest BCUT2D eigenvalue weighted by molar-refractivity contribution is -0.143. The van der Waals surface area contributed by atoms with E-state index in [9.17, 15) is 25.2 Å². The van der Waals surface area contributed by atoms with Crippen molar-refractivity contribution in [3.8, 4) is 39.6 Å². The van der Waals surface area contributed by atoms with E-state index in [1.807, 2.05) is 29.6 Å². The Hall–Kier alpha value is -4.37. The van der Waals surface area contributed by atoms with Gasteiger partial charge in [0.25, 0.3) is 0 Å². The van der Waals surface area contributed by atoms with Crippen LogP contribution >= 0.6 is 47.1 Å². The number of carboxylic acids is 1. The van der Waals surface area contributed by atoms with Gasteiger partial charge >= 0.3 is 5.97 Å². The van der Waals surface area contributed by atoms with Crippen molar-refractivity contribution in [2.45, 2.75) is 37.1 Å². The molecule has 0 saturated carbocycles. The molecular formula is C33H33Cl2N7O4S2. The Kier molecular flexibility index (Phi) is 14.5. The number of carboxylic acid groups (broad SMARTS) is 1. The first-order valence-corrected chi connectivity index (χ1v) is 16.8. The lowest BCUT2D eigenvalue weighted by atomic mass is 9.97. The smallest absolute Gasteiger partial charge is 0.326 e. The first-order valence-electron chi connectivity index (χ1n) is 14.5. The molecule has 0 saturated heterocycles. The van der Waals surface area contributed by atoms with Crippen LogP contribution in [-0.4, -0.2) is 52.7 Å². The van der Waals surface area contributed by atoms with Crippen LogP contribution in [0.25, 0.3) is 21.7 Å². The highest BCUT2D eigenvalue weighted by Gasteiger charge is 2.23. The number of pyridine rings is 1. The number of thioether (sulfide) groups is 1. The molecule has 4 rings (SSSR count). The van der Waals surface area contributed by atoms with Gasteiger partial charge in [0.15, 0.2) is 0 Å². The number of rotatable bonds is 15. The number of nitrogens with two attached hydrogens (primary N) is 1. The number of ether oxygens (including phenoxy) is 1. The fourth-order valence-corrected chi connectivity index (χ4v) is 6.42. The quantitative estimate of drug-likeness (QED) is 0.0813. The number of halogens is 2. The van der Waals surface area contributed by atoms with Gasteiger partial charge in [-0.3, -0.25) is 4.79 Å². The Bertz CT molecular complexity index is 1800. The Labute approximate surface area is 297 Å². The van der Waals surface area contributed by atoms with E-state index >= 15 is 0 Å². The van der Waals surface area contributed by atoms with E-state index in [-0.39, 0.29) is 47.6 Å². The van der Waals surface area contributed by atoms with Crippen LogP contribution in [0.3, 0.4) is 0 Å². The number of hydrogen-bond acceptors (Lipinski definition) is 11. The number of nitrogen functional groups attached to an aromatic ring is 1. The summed E-state index contributed by atoms with van der Waals surface area (Å²) < 4.78 is 5.79. The number of benzene rings is 2. The zero-order valence-corrected chi connectivity index (χ0v) is 29.2. The van der Waals surface area contributed by atoms with Gasteiger partial charge in [0.2, 0.25) is 5.91 Å². The summed E-state index contributed by atoms with van der Waals surface area (Å²) in [7, 11) is 0. The molecule has 1 amide bonds. The number of nitrogens with zero attached hydrogens (tertiary/aromatic N) is 4. The van der Waals surface area contributed by atoms with E-state index in [4.69, 9.17) is 27.1 Å². The lowest BCUT2D eigenvalue weighted by Crippen LogP contribution is -2.45. The molecule has 250 valence electrons. The molecule has 0 aliphatic carbocycles. The summed E-state index contributed by atoms with van der Waals surface area (Å²) >= 11 is 8.83. The standard InChI is InChI=1S/C33H32ClN7O4S2.ClH/c1-19(2)29(33(43)44)40-27(42)11-12-38-13-14-45-24-9-5-20(6-10-24)28-25(15-35)30(37)41-32(26(28)16-36)47-18-23-17-46-31(39-23)21-3-7-22(34)8-4-21;/h3-10,17,19,29,38H,11-14,18H2,1-2H3,(H2,37,41)(H,40,42)(H,43,44);1H/t29-;/m0./s1. The molecule has 5 N–H and O–H groups in total. The molecule has 0 aliphatic rings. The van der Waals surface area contributed by atoms with Gasteiger partial charge in [-0.1, -0.05) is 61.5 Å². The van der Waals surface area contributed by atoms with Crippen molar-refractivity contribution in [3.05, 3.63) is 75.8 Å². The van der Waals surface area contributed by atoms with Crippen LogP contribution in [-0.2, 0) is 15.3 Å². The second kappa shape index (κ2) is 18.2. The number of aromatic nitrogens is 2. The Morgan fingerprint density at radius 2 is 1.71 bits per heavy atom. The number of nitrogens with one attached hydrogen (secondary N) is 2. The molecule has 4 aromatic rings. The summed E-state index contributed by atoms with van der Waals surface area (Å²) in [5.74, 6) is -0.563. The van der Waals surface area contributed by atoms with Crippen molar-refractivity contribution in [2.75, 3.05) is 25.4 Å². The van der Waals surface area contributed by atoms with Crippen LogP contribution in [0.1, 0.15) is 37.1 Å². The number of amides is 1. The highest BCUT2D eigenvalue weighted by Crippen LogP contribution is 2.37. The maximum atomic E-state index is 12.1. The third-order valence-corrected chi connectivity index (χ3v) is 9.09.